The molecule has 376 valence electrons. The molecule has 21 heteroatoms. The monoisotopic (exact) mass is 1020 g/mol. The van der Waals surface area contributed by atoms with Gasteiger partial charge in [0, 0.05) is 23.5 Å². The lowest BCUT2D eigenvalue weighted by atomic mass is 10.0. The number of fused-ring (bicyclic) bond motifs is 1. The number of H-pyrrole nitrogens is 1. The number of benzene rings is 6. The van der Waals surface area contributed by atoms with Crippen molar-refractivity contribution < 1.29 is 54.3 Å². The van der Waals surface area contributed by atoms with Gasteiger partial charge >= 0.3 is 0 Å². The Hall–Kier alpha value is -8.30. The molecular formula is C51H51F2N7O10S2. The Balaban J connectivity index is 0.000000237. The molecule has 0 aliphatic carbocycles. The van der Waals surface area contributed by atoms with E-state index in [1.807, 2.05) is 24.3 Å². The van der Waals surface area contributed by atoms with Crippen LogP contribution in [0.4, 0.5) is 20.2 Å². The van der Waals surface area contributed by atoms with Gasteiger partial charge in [0.1, 0.15) is 48.3 Å². The molecule has 0 radical (unpaired) electrons. The van der Waals surface area contributed by atoms with Crippen molar-refractivity contribution in [2.45, 2.75) is 42.1 Å². The number of primary amides is 2. The van der Waals surface area contributed by atoms with Gasteiger partial charge in [-0.1, -0.05) is 48.5 Å². The Morgan fingerprint density at radius 1 is 0.583 bits per heavy atom. The van der Waals surface area contributed by atoms with Gasteiger partial charge in [-0.25, -0.2) is 25.6 Å². The highest BCUT2D eigenvalue weighted by atomic mass is 32.2. The SMILES string of the molecule is CCOc1ccc(S(=O)(=O)N(CC(=O)NC(C(N)=O)c2ccccc2)c2ccc(F)cc2)cc1.CCOc1ccc(S(=O)(=O)N(CC(=O)NC(Cc2c[nH]c3ccccc23)C(N)=O)c2ccc(F)cc2)cc1. The van der Waals surface area contributed by atoms with Crippen LogP contribution in [0, 0.1) is 11.6 Å². The first-order valence-electron chi connectivity index (χ1n) is 22.2. The van der Waals surface area contributed by atoms with Crippen LogP contribution in [0.5, 0.6) is 11.5 Å². The van der Waals surface area contributed by atoms with Crippen molar-refractivity contribution in [1.29, 1.82) is 0 Å². The third kappa shape index (κ3) is 13.5. The molecule has 7 rings (SSSR count). The number of nitrogens with zero attached hydrogens (tertiary/aromatic N) is 2. The van der Waals surface area contributed by atoms with Crippen molar-refractivity contribution in [3.63, 3.8) is 0 Å². The van der Waals surface area contributed by atoms with Crippen LogP contribution in [-0.4, -0.2) is 77.8 Å². The van der Waals surface area contributed by atoms with Crippen LogP contribution in [0.25, 0.3) is 10.9 Å². The lowest BCUT2D eigenvalue weighted by Crippen LogP contribution is -2.50. The molecule has 1 aromatic heterocycles. The van der Waals surface area contributed by atoms with Gasteiger partial charge in [-0.15, -0.1) is 0 Å². The third-order valence-electron chi connectivity index (χ3n) is 10.7. The first-order valence-corrected chi connectivity index (χ1v) is 25.1. The Kier molecular flexibility index (Phi) is 17.7. The maximum Gasteiger partial charge on any atom is 0.264 e. The van der Waals surface area contributed by atoms with Crippen molar-refractivity contribution in [3.05, 3.63) is 181 Å². The topological polar surface area (TPSA) is 253 Å². The standard InChI is InChI=1S/C27H27FN4O5S.C24H24FN3O5S/c1-2-37-21-11-13-22(14-12-21)38(35,36)32(20-9-7-19(28)8-10-20)17-26(33)31-25(27(29)34)15-18-16-30-24-6-4-3-5-23(18)24;1-2-33-20-12-14-21(15-13-20)34(31,32)28(19-10-8-18(25)9-11-19)16-22(29)27-23(24(26)30)17-6-4-3-5-7-17/h3-14,16,25,30H,2,15,17H2,1H3,(H2,29,34)(H,31,33);3-15,23H,2,16H2,1H3,(H2,26,30)(H,27,29). The van der Waals surface area contributed by atoms with Crippen molar-refractivity contribution in [3.8, 4) is 11.5 Å². The van der Waals surface area contributed by atoms with Gasteiger partial charge in [0.2, 0.25) is 23.6 Å². The van der Waals surface area contributed by atoms with Gasteiger partial charge in [0.25, 0.3) is 20.0 Å². The van der Waals surface area contributed by atoms with E-state index in [9.17, 15) is 44.8 Å². The summed E-state index contributed by atoms with van der Waals surface area (Å²) >= 11 is 0. The Morgan fingerprint density at radius 2 is 1.03 bits per heavy atom. The minimum atomic E-state index is -4.26. The van der Waals surface area contributed by atoms with E-state index in [1.54, 1.807) is 50.4 Å². The van der Waals surface area contributed by atoms with E-state index in [1.165, 1.54) is 72.8 Å². The molecule has 17 nitrogen and oxygen atoms in total. The number of nitrogens with one attached hydrogen (secondary N) is 3. The van der Waals surface area contributed by atoms with Crippen LogP contribution in [0.2, 0.25) is 0 Å². The normalized spacial score (nSPS) is 12.1. The highest BCUT2D eigenvalue weighted by Gasteiger charge is 2.31. The third-order valence-corrected chi connectivity index (χ3v) is 14.3. The number of hydrogen-bond acceptors (Lipinski definition) is 10. The lowest BCUT2D eigenvalue weighted by Gasteiger charge is -2.25. The number of halogens is 2. The first-order chi connectivity index (χ1) is 34.4. The van der Waals surface area contributed by atoms with Crippen molar-refractivity contribution >= 4 is 66.0 Å². The van der Waals surface area contributed by atoms with E-state index < -0.39 is 80.5 Å². The summed E-state index contributed by atoms with van der Waals surface area (Å²) in [5.41, 5.74) is 13.2. The number of hydrogen-bond donors (Lipinski definition) is 5. The Bertz CT molecular complexity index is 3200. The average Bonchev–Trinajstić information content (AvgIpc) is 3.78. The van der Waals surface area contributed by atoms with E-state index in [2.05, 4.69) is 15.6 Å². The van der Waals surface area contributed by atoms with Crippen LogP contribution >= 0.6 is 0 Å². The van der Waals surface area contributed by atoms with Crippen LogP contribution < -0.4 is 40.2 Å². The number of aromatic amines is 1. The number of carbonyl (C=O) groups excluding carboxylic acids is 4. The van der Waals surface area contributed by atoms with Crippen LogP contribution in [0.1, 0.15) is 31.0 Å². The molecule has 7 N–H and O–H groups in total. The second-order valence-electron chi connectivity index (χ2n) is 15.7. The molecule has 6 aromatic carbocycles. The average molecular weight is 1020 g/mol. The smallest absolute Gasteiger partial charge is 0.264 e. The molecule has 0 saturated heterocycles. The van der Waals surface area contributed by atoms with E-state index >= 15 is 0 Å². The summed E-state index contributed by atoms with van der Waals surface area (Å²) in [6.07, 6.45) is 1.83. The summed E-state index contributed by atoms with van der Waals surface area (Å²) in [6, 6.07) is 34.3. The molecule has 72 heavy (non-hydrogen) atoms. The molecule has 0 fully saturated rings. The minimum Gasteiger partial charge on any atom is -0.494 e. The Morgan fingerprint density at radius 3 is 1.47 bits per heavy atom. The fourth-order valence-corrected chi connectivity index (χ4v) is 10.1. The van der Waals surface area contributed by atoms with E-state index in [0.29, 0.717) is 30.3 Å². The Labute approximate surface area is 414 Å². The molecule has 0 aliphatic heterocycles. The number of rotatable bonds is 21. The summed E-state index contributed by atoms with van der Waals surface area (Å²) in [5, 5.41) is 5.91. The molecule has 0 aliphatic rings. The zero-order valence-corrected chi connectivity index (χ0v) is 40.5. The molecule has 4 amide bonds. The highest BCUT2D eigenvalue weighted by molar-refractivity contribution is 7.93. The fourth-order valence-electron chi connectivity index (χ4n) is 7.26. The molecule has 2 atom stereocenters. The molecule has 0 bridgehead atoms. The van der Waals surface area contributed by atoms with Crippen LogP contribution in [-0.2, 0) is 45.6 Å². The van der Waals surface area contributed by atoms with Crippen molar-refractivity contribution in [2.75, 3.05) is 34.9 Å². The van der Waals surface area contributed by atoms with Gasteiger partial charge in [-0.05, 0) is 128 Å². The van der Waals surface area contributed by atoms with Crippen molar-refractivity contribution in [2.24, 2.45) is 11.5 Å². The number of nitrogens with two attached hydrogens (primary N) is 2. The zero-order valence-electron chi connectivity index (χ0n) is 38.9. The lowest BCUT2D eigenvalue weighted by molar-refractivity contribution is -0.126. The summed E-state index contributed by atoms with van der Waals surface area (Å²) in [4.78, 5) is 53.0. The summed E-state index contributed by atoms with van der Waals surface area (Å²) in [5.74, 6) is -3.26. The molecule has 1 heterocycles. The van der Waals surface area contributed by atoms with E-state index in [0.717, 1.165) is 49.3 Å². The van der Waals surface area contributed by atoms with Gasteiger partial charge in [0.15, 0.2) is 0 Å². The maximum atomic E-state index is 13.6. The van der Waals surface area contributed by atoms with E-state index in [-0.39, 0.29) is 27.6 Å². The van der Waals surface area contributed by atoms with Gasteiger partial charge in [-0.3, -0.25) is 27.8 Å². The molecule has 2 unspecified atom stereocenters. The number of para-hydroxylation sites is 1. The number of carbonyl (C=O) groups is 4. The summed E-state index contributed by atoms with van der Waals surface area (Å²) in [6.45, 7) is 3.09. The summed E-state index contributed by atoms with van der Waals surface area (Å²) in [7, 11) is -8.49. The largest absolute Gasteiger partial charge is 0.494 e. The van der Waals surface area contributed by atoms with Crippen LogP contribution in [0.15, 0.2) is 168 Å². The molecule has 0 spiro atoms. The number of sulfonamides is 2. The van der Waals surface area contributed by atoms with Gasteiger partial charge < -0.3 is 36.6 Å². The maximum absolute atomic E-state index is 13.6. The number of aromatic nitrogens is 1. The van der Waals surface area contributed by atoms with Crippen molar-refractivity contribution in [1.82, 2.24) is 15.6 Å². The second kappa shape index (κ2) is 24.0. The minimum absolute atomic E-state index is 0.0702. The number of ether oxygens (including phenoxy) is 2. The molecule has 0 saturated carbocycles. The molecule has 7 aromatic rings. The van der Waals surface area contributed by atoms with Gasteiger partial charge in [-0.2, -0.15) is 0 Å². The number of anilines is 2. The highest BCUT2D eigenvalue weighted by Crippen LogP contribution is 2.28. The quantitative estimate of drug-likeness (QED) is 0.0572. The fraction of sp³-hybridized carbons (Fsp3) is 0.176. The van der Waals surface area contributed by atoms with Crippen LogP contribution in [0.3, 0.4) is 0 Å². The first kappa shape index (κ1) is 53.1. The second-order valence-corrected chi connectivity index (χ2v) is 19.4. The van der Waals surface area contributed by atoms with Gasteiger partial charge in [0.05, 0.1) is 34.4 Å². The predicted octanol–water partition coefficient (Wildman–Crippen LogP) is 5.88. The number of amides is 4. The predicted molar refractivity (Wildman–Crippen MR) is 267 cm³/mol. The summed E-state index contributed by atoms with van der Waals surface area (Å²) < 4.78 is 93.5. The van der Waals surface area contributed by atoms with E-state index in [4.69, 9.17) is 20.9 Å². The zero-order chi connectivity index (χ0) is 52.0. The molecular weight excluding hydrogens is 973 g/mol.